The van der Waals surface area contributed by atoms with E-state index in [9.17, 15) is 4.79 Å². The lowest BCUT2D eigenvalue weighted by atomic mass is 10.1. The van der Waals surface area contributed by atoms with Crippen LogP contribution in [0, 0.1) is 6.92 Å². The average molecular weight is 313 g/mol. The number of hydrogen-bond acceptors (Lipinski definition) is 3. The standard InChI is InChI=1S/C13H17BrN2O2/c1-9-2-3-11(12(14)6-9)13(17)16-8-10-7-15-4-5-18-10/h2-3,6,10,15H,4-5,7-8H2,1H3,(H,16,17). The van der Waals surface area contributed by atoms with E-state index in [-0.39, 0.29) is 12.0 Å². The van der Waals surface area contributed by atoms with Crippen molar-refractivity contribution in [2.24, 2.45) is 0 Å². The Hall–Kier alpha value is -0.910. The number of benzene rings is 1. The van der Waals surface area contributed by atoms with Gasteiger partial charge in [-0.3, -0.25) is 4.79 Å². The van der Waals surface area contributed by atoms with Gasteiger partial charge in [0.1, 0.15) is 0 Å². The first kappa shape index (κ1) is 13.5. The molecule has 18 heavy (non-hydrogen) atoms. The van der Waals surface area contributed by atoms with E-state index >= 15 is 0 Å². The fourth-order valence-electron chi connectivity index (χ4n) is 1.86. The molecule has 1 aromatic carbocycles. The predicted octanol–water partition coefficient (Wildman–Crippen LogP) is 1.48. The van der Waals surface area contributed by atoms with Gasteiger partial charge in [-0.05, 0) is 40.5 Å². The molecule has 1 amide bonds. The molecule has 0 saturated carbocycles. The summed E-state index contributed by atoms with van der Waals surface area (Å²) < 4.78 is 6.35. The van der Waals surface area contributed by atoms with Crippen LogP contribution in [-0.4, -0.2) is 38.3 Å². The van der Waals surface area contributed by atoms with E-state index in [1.807, 2.05) is 25.1 Å². The molecule has 1 unspecified atom stereocenters. The zero-order valence-corrected chi connectivity index (χ0v) is 11.9. The minimum Gasteiger partial charge on any atom is -0.374 e. The molecule has 2 rings (SSSR count). The Morgan fingerprint density at radius 2 is 2.44 bits per heavy atom. The molecule has 0 bridgehead atoms. The third kappa shape index (κ3) is 3.54. The Labute approximate surface area is 115 Å². The number of ether oxygens (including phenoxy) is 1. The van der Waals surface area contributed by atoms with Crippen molar-refractivity contribution in [1.82, 2.24) is 10.6 Å². The highest BCUT2D eigenvalue weighted by Crippen LogP contribution is 2.18. The normalized spacial score (nSPS) is 19.6. The number of carbonyl (C=O) groups is 1. The predicted molar refractivity (Wildman–Crippen MR) is 73.8 cm³/mol. The topological polar surface area (TPSA) is 50.4 Å². The highest BCUT2D eigenvalue weighted by Gasteiger charge is 2.16. The number of nitrogens with one attached hydrogen (secondary N) is 2. The van der Waals surface area contributed by atoms with Crippen molar-refractivity contribution in [2.45, 2.75) is 13.0 Å². The van der Waals surface area contributed by atoms with Crippen LogP contribution in [0.15, 0.2) is 22.7 Å². The molecule has 1 atom stereocenters. The van der Waals surface area contributed by atoms with Crippen molar-refractivity contribution in [3.05, 3.63) is 33.8 Å². The van der Waals surface area contributed by atoms with Gasteiger partial charge < -0.3 is 15.4 Å². The summed E-state index contributed by atoms with van der Waals surface area (Å²) in [5.74, 6) is -0.0731. The zero-order valence-electron chi connectivity index (χ0n) is 10.3. The average Bonchev–Trinajstić information content (AvgIpc) is 2.37. The summed E-state index contributed by atoms with van der Waals surface area (Å²) in [5, 5.41) is 6.13. The van der Waals surface area contributed by atoms with Gasteiger partial charge >= 0.3 is 0 Å². The molecule has 1 aliphatic rings. The van der Waals surface area contributed by atoms with Crippen molar-refractivity contribution >= 4 is 21.8 Å². The minimum absolute atomic E-state index is 0.0620. The van der Waals surface area contributed by atoms with Crippen LogP contribution in [0.5, 0.6) is 0 Å². The molecule has 0 aliphatic carbocycles. The van der Waals surface area contributed by atoms with Gasteiger partial charge in [0.15, 0.2) is 0 Å². The highest BCUT2D eigenvalue weighted by atomic mass is 79.9. The largest absolute Gasteiger partial charge is 0.374 e. The van der Waals surface area contributed by atoms with Crippen LogP contribution in [0.4, 0.5) is 0 Å². The second-order valence-electron chi connectivity index (χ2n) is 4.39. The Morgan fingerprint density at radius 1 is 1.61 bits per heavy atom. The SMILES string of the molecule is Cc1ccc(C(=O)NCC2CNCCO2)c(Br)c1. The van der Waals surface area contributed by atoms with Gasteiger partial charge in [0.25, 0.3) is 5.91 Å². The molecule has 1 aromatic rings. The molecule has 4 nitrogen and oxygen atoms in total. The van der Waals surface area contributed by atoms with Crippen molar-refractivity contribution in [3.8, 4) is 0 Å². The number of amides is 1. The lowest BCUT2D eigenvalue weighted by molar-refractivity contribution is 0.0287. The minimum atomic E-state index is -0.0731. The van der Waals surface area contributed by atoms with Gasteiger partial charge in [0.05, 0.1) is 18.3 Å². The van der Waals surface area contributed by atoms with Gasteiger partial charge in [-0.2, -0.15) is 0 Å². The van der Waals surface area contributed by atoms with Gasteiger partial charge in [-0.25, -0.2) is 0 Å². The summed E-state index contributed by atoms with van der Waals surface area (Å²) in [6.07, 6.45) is 0.0620. The number of halogens is 1. The molecule has 1 fully saturated rings. The van der Waals surface area contributed by atoms with Gasteiger partial charge in [-0.15, -0.1) is 0 Å². The number of hydrogen-bond donors (Lipinski definition) is 2. The fourth-order valence-corrected chi connectivity index (χ4v) is 2.53. The number of rotatable bonds is 3. The van der Waals surface area contributed by atoms with E-state index in [1.54, 1.807) is 0 Å². The number of carbonyl (C=O) groups excluding carboxylic acids is 1. The summed E-state index contributed by atoms with van der Waals surface area (Å²) in [4.78, 5) is 12.0. The van der Waals surface area contributed by atoms with Crippen molar-refractivity contribution in [1.29, 1.82) is 0 Å². The molecule has 0 radical (unpaired) electrons. The van der Waals surface area contributed by atoms with Crippen LogP contribution in [-0.2, 0) is 4.74 Å². The van der Waals surface area contributed by atoms with Crippen LogP contribution in [0.3, 0.4) is 0 Å². The van der Waals surface area contributed by atoms with Crippen molar-refractivity contribution in [3.63, 3.8) is 0 Å². The molecule has 0 spiro atoms. The third-order valence-corrected chi connectivity index (χ3v) is 3.52. The highest BCUT2D eigenvalue weighted by molar-refractivity contribution is 9.10. The summed E-state index contributed by atoms with van der Waals surface area (Å²) >= 11 is 3.41. The first-order chi connectivity index (χ1) is 8.66. The molecular weight excluding hydrogens is 296 g/mol. The van der Waals surface area contributed by atoms with Gasteiger partial charge in [0, 0.05) is 24.1 Å². The summed E-state index contributed by atoms with van der Waals surface area (Å²) in [7, 11) is 0. The molecule has 5 heteroatoms. The van der Waals surface area contributed by atoms with Gasteiger partial charge in [-0.1, -0.05) is 6.07 Å². The van der Waals surface area contributed by atoms with Crippen LogP contribution < -0.4 is 10.6 Å². The lowest BCUT2D eigenvalue weighted by Crippen LogP contribution is -2.45. The van der Waals surface area contributed by atoms with E-state index in [4.69, 9.17) is 4.74 Å². The second kappa shape index (κ2) is 6.31. The maximum absolute atomic E-state index is 12.0. The maximum atomic E-state index is 12.0. The van der Waals surface area contributed by atoms with Gasteiger partial charge in [0.2, 0.25) is 0 Å². The molecule has 0 aromatic heterocycles. The van der Waals surface area contributed by atoms with E-state index in [0.717, 1.165) is 23.1 Å². The first-order valence-electron chi connectivity index (χ1n) is 6.03. The first-order valence-corrected chi connectivity index (χ1v) is 6.83. The van der Waals surface area contributed by atoms with E-state index < -0.39 is 0 Å². The smallest absolute Gasteiger partial charge is 0.252 e. The monoisotopic (exact) mass is 312 g/mol. The number of morpholine rings is 1. The molecular formula is C13H17BrN2O2. The Kier molecular flexibility index (Phi) is 4.74. The molecule has 1 heterocycles. The summed E-state index contributed by atoms with van der Waals surface area (Å²) in [5.41, 5.74) is 1.78. The van der Waals surface area contributed by atoms with Crippen LogP contribution in [0.2, 0.25) is 0 Å². The van der Waals surface area contributed by atoms with Crippen molar-refractivity contribution < 1.29 is 9.53 Å². The maximum Gasteiger partial charge on any atom is 0.252 e. The van der Waals surface area contributed by atoms with Crippen LogP contribution in [0.25, 0.3) is 0 Å². The van der Waals surface area contributed by atoms with Crippen LogP contribution >= 0.6 is 15.9 Å². The Bertz CT molecular complexity index is 431. The second-order valence-corrected chi connectivity index (χ2v) is 5.24. The summed E-state index contributed by atoms with van der Waals surface area (Å²) in [6, 6.07) is 5.70. The Balaban J connectivity index is 1.90. The van der Waals surface area contributed by atoms with E-state index in [0.29, 0.717) is 18.7 Å². The van der Waals surface area contributed by atoms with E-state index in [2.05, 4.69) is 26.6 Å². The third-order valence-electron chi connectivity index (χ3n) is 2.86. The quantitative estimate of drug-likeness (QED) is 0.889. The summed E-state index contributed by atoms with van der Waals surface area (Å²) in [6.45, 7) is 4.90. The molecule has 2 N–H and O–H groups in total. The number of aryl methyl sites for hydroxylation is 1. The molecule has 98 valence electrons. The molecule has 1 saturated heterocycles. The zero-order chi connectivity index (χ0) is 13.0. The van der Waals surface area contributed by atoms with Crippen LogP contribution in [0.1, 0.15) is 15.9 Å². The molecule has 1 aliphatic heterocycles. The fraction of sp³-hybridized carbons (Fsp3) is 0.462. The Morgan fingerprint density at radius 3 is 3.11 bits per heavy atom. The van der Waals surface area contributed by atoms with Crippen molar-refractivity contribution in [2.75, 3.05) is 26.2 Å². The lowest BCUT2D eigenvalue weighted by Gasteiger charge is -2.23. The van der Waals surface area contributed by atoms with E-state index in [1.165, 1.54) is 0 Å².